The maximum absolute atomic E-state index is 12.1. The highest BCUT2D eigenvalue weighted by molar-refractivity contribution is 14.1. The summed E-state index contributed by atoms with van der Waals surface area (Å²) in [4.78, 5) is 11.9. The van der Waals surface area contributed by atoms with Gasteiger partial charge in [0.1, 0.15) is 11.5 Å². The van der Waals surface area contributed by atoms with Crippen molar-refractivity contribution in [1.82, 2.24) is 0 Å². The molecule has 0 atom stereocenters. The molecule has 0 spiro atoms. The molecule has 2 aromatic carbocycles. The summed E-state index contributed by atoms with van der Waals surface area (Å²) in [5.41, 5.74) is 0.905. The van der Waals surface area contributed by atoms with Crippen molar-refractivity contribution in [2.24, 2.45) is 0 Å². The molecule has 0 heterocycles. The van der Waals surface area contributed by atoms with Crippen LogP contribution in [0.1, 0.15) is 30.9 Å². The molecule has 0 aliphatic rings. The molecule has 2 rings (SSSR count). The van der Waals surface area contributed by atoms with Crippen molar-refractivity contribution in [3.8, 4) is 11.5 Å². The number of ether oxygens (including phenoxy) is 2. The van der Waals surface area contributed by atoms with E-state index >= 15 is 0 Å². The first-order chi connectivity index (χ1) is 12.5. The van der Waals surface area contributed by atoms with E-state index in [0.717, 1.165) is 7.14 Å². The Balaban J connectivity index is 2.17. The van der Waals surface area contributed by atoms with Gasteiger partial charge in [0.15, 0.2) is 6.61 Å². The second-order valence-electron chi connectivity index (χ2n) is 6.12. The van der Waals surface area contributed by atoms with Crippen LogP contribution >= 0.6 is 45.2 Å². The Morgan fingerprint density at radius 2 is 1.81 bits per heavy atom. The van der Waals surface area contributed by atoms with E-state index in [1.54, 1.807) is 26.8 Å². The van der Waals surface area contributed by atoms with E-state index in [-0.39, 0.29) is 17.4 Å². The third kappa shape index (κ3) is 6.03. The van der Waals surface area contributed by atoms with E-state index in [4.69, 9.17) is 9.47 Å². The van der Waals surface area contributed by atoms with Crippen molar-refractivity contribution >= 4 is 61.3 Å². The van der Waals surface area contributed by atoms with Gasteiger partial charge in [0, 0.05) is 3.57 Å². The molecule has 0 aliphatic heterocycles. The van der Waals surface area contributed by atoms with Gasteiger partial charge >= 0.3 is 5.97 Å². The zero-order chi connectivity index (χ0) is 20.4. The van der Waals surface area contributed by atoms with Gasteiger partial charge in [0.2, 0.25) is 0 Å². The highest BCUT2D eigenvalue weighted by atomic mass is 127. The number of rotatable bonds is 6. The minimum absolute atomic E-state index is 0.154. The van der Waals surface area contributed by atoms with Crippen LogP contribution in [0.15, 0.2) is 35.2 Å². The molecule has 0 aromatic heterocycles. The summed E-state index contributed by atoms with van der Waals surface area (Å²) < 4.78 is 45.3. The number of aryl methyl sites for hydroxylation is 1. The van der Waals surface area contributed by atoms with Crippen LogP contribution in [0.5, 0.6) is 11.5 Å². The number of esters is 1. The lowest BCUT2D eigenvalue weighted by atomic mass is 10.0. The van der Waals surface area contributed by atoms with E-state index < -0.39 is 16.1 Å². The quantitative estimate of drug-likeness (QED) is 0.222. The fraction of sp³-hybridized carbons (Fsp3) is 0.278. The number of carbonyl (C=O) groups excluding carboxylic acids is 1. The Labute approximate surface area is 185 Å². The summed E-state index contributed by atoms with van der Waals surface area (Å²) in [6, 6.07) is 8.31. The zero-order valence-corrected chi connectivity index (χ0v) is 20.0. The summed E-state index contributed by atoms with van der Waals surface area (Å²) in [7, 11) is -4.35. The second kappa shape index (κ2) is 9.05. The van der Waals surface area contributed by atoms with Crippen LogP contribution in [0.3, 0.4) is 0 Å². The molecule has 0 bridgehead atoms. The molecule has 0 aliphatic carbocycles. The lowest BCUT2D eigenvalue weighted by molar-refractivity contribution is -0.136. The van der Waals surface area contributed by atoms with Gasteiger partial charge < -0.3 is 9.47 Å². The van der Waals surface area contributed by atoms with Crippen molar-refractivity contribution in [3.63, 3.8) is 0 Å². The molecule has 0 radical (unpaired) electrons. The normalized spacial score (nSPS) is 11.5. The van der Waals surface area contributed by atoms with Gasteiger partial charge in [0.25, 0.3) is 10.1 Å². The lowest BCUT2D eigenvalue weighted by Crippen LogP contribution is -2.19. The van der Waals surface area contributed by atoms with Gasteiger partial charge in [-0.3, -0.25) is 4.55 Å². The van der Waals surface area contributed by atoms with Crippen LogP contribution in [0.2, 0.25) is 0 Å². The Hall–Kier alpha value is -0.920. The standard InChI is InChI=1S/C18H18I2O6S/c1-10(2)13-8-16(11(3)6-17(13)27(22,23)24)25-9-18(21)26-15-5-4-12(19)7-14(15)20/h4-8,10H,9H2,1-3H3,(H,22,23,24). The number of halogens is 2. The van der Waals surface area contributed by atoms with Gasteiger partial charge in [-0.05, 0) is 99.5 Å². The van der Waals surface area contributed by atoms with Gasteiger partial charge in [-0.2, -0.15) is 8.42 Å². The first kappa shape index (κ1) is 22.4. The molecule has 0 fully saturated rings. The van der Waals surface area contributed by atoms with E-state index in [1.165, 1.54) is 12.1 Å². The summed E-state index contributed by atoms with van der Waals surface area (Å²) in [5.74, 6) is 0.0787. The Kier molecular flexibility index (Phi) is 7.50. The van der Waals surface area contributed by atoms with E-state index in [9.17, 15) is 17.8 Å². The van der Waals surface area contributed by atoms with E-state index in [1.807, 2.05) is 12.1 Å². The van der Waals surface area contributed by atoms with Crippen molar-refractivity contribution in [2.75, 3.05) is 6.61 Å². The molecule has 27 heavy (non-hydrogen) atoms. The summed E-state index contributed by atoms with van der Waals surface area (Å²) >= 11 is 4.25. The highest BCUT2D eigenvalue weighted by Crippen LogP contribution is 2.31. The van der Waals surface area contributed by atoms with Crippen LogP contribution < -0.4 is 9.47 Å². The number of hydrogen-bond acceptors (Lipinski definition) is 5. The molecular weight excluding hydrogens is 598 g/mol. The molecule has 1 N–H and O–H groups in total. The fourth-order valence-corrected chi connectivity index (χ4v) is 4.98. The summed E-state index contributed by atoms with van der Waals surface area (Å²) in [5, 5.41) is 0. The minimum atomic E-state index is -4.35. The molecule has 0 saturated heterocycles. The average molecular weight is 616 g/mol. The molecular formula is C18H18I2O6S. The minimum Gasteiger partial charge on any atom is -0.482 e. The first-order valence-corrected chi connectivity index (χ1v) is 11.5. The number of benzene rings is 2. The topological polar surface area (TPSA) is 89.9 Å². The Morgan fingerprint density at radius 3 is 2.37 bits per heavy atom. The predicted molar refractivity (Wildman–Crippen MR) is 118 cm³/mol. The SMILES string of the molecule is Cc1cc(S(=O)(=O)O)c(C(C)C)cc1OCC(=O)Oc1ccc(I)cc1I. The monoisotopic (exact) mass is 616 g/mol. The van der Waals surface area contributed by atoms with Crippen LogP contribution in [0, 0.1) is 14.1 Å². The third-order valence-corrected chi connectivity index (χ3v) is 6.09. The molecule has 6 nitrogen and oxygen atoms in total. The Bertz CT molecular complexity index is 970. The van der Waals surface area contributed by atoms with Crippen molar-refractivity contribution in [2.45, 2.75) is 31.6 Å². The fourth-order valence-electron chi connectivity index (χ4n) is 2.35. The van der Waals surface area contributed by atoms with Gasteiger partial charge in [-0.1, -0.05) is 13.8 Å². The van der Waals surface area contributed by atoms with Gasteiger partial charge in [0.05, 0.1) is 8.47 Å². The van der Waals surface area contributed by atoms with E-state index in [2.05, 4.69) is 45.2 Å². The number of hydrogen-bond donors (Lipinski definition) is 1. The molecule has 0 unspecified atom stereocenters. The zero-order valence-electron chi connectivity index (χ0n) is 14.8. The first-order valence-electron chi connectivity index (χ1n) is 7.89. The molecule has 2 aromatic rings. The van der Waals surface area contributed by atoms with Crippen LogP contribution in [0.25, 0.3) is 0 Å². The molecule has 9 heteroatoms. The van der Waals surface area contributed by atoms with Crippen molar-refractivity contribution in [3.05, 3.63) is 48.6 Å². The smallest absolute Gasteiger partial charge is 0.349 e. The second-order valence-corrected chi connectivity index (χ2v) is 9.92. The predicted octanol–water partition coefficient (Wildman–Crippen LogP) is 4.56. The molecule has 146 valence electrons. The largest absolute Gasteiger partial charge is 0.482 e. The van der Waals surface area contributed by atoms with Crippen LogP contribution in [-0.2, 0) is 14.9 Å². The lowest BCUT2D eigenvalue weighted by Gasteiger charge is -2.16. The Morgan fingerprint density at radius 1 is 1.15 bits per heavy atom. The third-order valence-electron chi connectivity index (χ3n) is 3.67. The van der Waals surface area contributed by atoms with Crippen molar-refractivity contribution < 1.29 is 27.2 Å². The van der Waals surface area contributed by atoms with Crippen molar-refractivity contribution in [1.29, 1.82) is 0 Å². The molecule has 0 amide bonds. The maximum atomic E-state index is 12.1. The molecule has 0 saturated carbocycles. The maximum Gasteiger partial charge on any atom is 0.349 e. The van der Waals surface area contributed by atoms with Crippen LogP contribution in [-0.4, -0.2) is 25.5 Å². The average Bonchev–Trinajstić information content (AvgIpc) is 2.55. The van der Waals surface area contributed by atoms with Gasteiger partial charge in [-0.15, -0.1) is 0 Å². The van der Waals surface area contributed by atoms with Gasteiger partial charge in [-0.25, -0.2) is 4.79 Å². The summed E-state index contributed by atoms with van der Waals surface area (Å²) in [6.07, 6.45) is 0. The summed E-state index contributed by atoms with van der Waals surface area (Å²) in [6.45, 7) is 4.92. The number of carbonyl (C=O) groups is 1. The highest BCUT2D eigenvalue weighted by Gasteiger charge is 2.21. The van der Waals surface area contributed by atoms with Crippen LogP contribution in [0.4, 0.5) is 0 Å². The van der Waals surface area contributed by atoms with E-state index in [0.29, 0.717) is 22.6 Å².